The molecule has 162 valence electrons. The van der Waals surface area contributed by atoms with Crippen molar-refractivity contribution in [1.82, 2.24) is 0 Å². The summed E-state index contributed by atoms with van der Waals surface area (Å²) in [5, 5.41) is 8.72. The Morgan fingerprint density at radius 2 is 1.63 bits per heavy atom. The van der Waals surface area contributed by atoms with E-state index in [9.17, 15) is 22.8 Å². The minimum atomic E-state index is -4.40. The molecule has 0 aliphatic rings. The molecule has 0 aromatic heterocycles. The first-order chi connectivity index (χ1) is 14.1. The van der Waals surface area contributed by atoms with Crippen molar-refractivity contribution in [3.63, 3.8) is 0 Å². The first-order valence-electron chi connectivity index (χ1n) is 9.22. The van der Waals surface area contributed by atoms with Gasteiger partial charge in [0.1, 0.15) is 6.04 Å². The monoisotopic (exact) mass is 440 g/mol. The van der Waals surface area contributed by atoms with Crippen molar-refractivity contribution in [3.05, 3.63) is 59.7 Å². The zero-order valence-electron chi connectivity index (χ0n) is 16.1. The summed E-state index contributed by atoms with van der Waals surface area (Å²) in [5.41, 5.74) is 12.5. The van der Waals surface area contributed by atoms with Crippen LogP contribution in [0.25, 0.3) is 11.1 Å². The third-order valence-electron chi connectivity index (χ3n) is 4.63. The molecule has 2 atom stereocenters. The van der Waals surface area contributed by atoms with Crippen LogP contribution in [0.2, 0.25) is 0 Å². The third kappa shape index (κ3) is 6.77. The molecule has 5 N–H and O–H groups in total. The SMILES string of the molecule is NC(=O)c1cccc(-c2ccc(C(CCSCCC(N)C(=O)O)C(F)(F)F)cc2)c1. The smallest absolute Gasteiger partial charge is 0.395 e. The van der Waals surface area contributed by atoms with Crippen LogP contribution < -0.4 is 11.5 Å². The van der Waals surface area contributed by atoms with Gasteiger partial charge in [-0.15, -0.1) is 0 Å². The fourth-order valence-corrected chi connectivity index (χ4v) is 3.94. The topological polar surface area (TPSA) is 106 Å². The highest BCUT2D eigenvalue weighted by Gasteiger charge is 2.40. The van der Waals surface area contributed by atoms with Gasteiger partial charge in [-0.2, -0.15) is 24.9 Å². The van der Waals surface area contributed by atoms with Crippen molar-refractivity contribution in [2.45, 2.75) is 31.0 Å². The lowest BCUT2D eigenvalue weighted by Crippen LogP contribution is -2.30. The van der Waals surface area contributed by atoms with Crippen LogP contribution >= 0.6 is 11.8 Å². The van der Waals surface area contributed by atoms with E-state index in [-0.39, 0.29) is 24.2 Å². The van der Waals surface area contributed by atoms with Gasteiger partial charge in [-0.1, -0.05) is 36.4 Å². The molecule has 2 aromatic rings. The number of carboxylic acid groups (broad SMARTS) is 1. The zero-order valence-corrected chi connectivity index (χ0v) is 16.9. The van der Waals surface area contributed by atoms with Crippen molar-refractivity contribution in [2.75, 3.05) is 11.5 Å². The molecule has 9 heteroatoms. The van der Waals surface area contributed by atoms with Gasteiger partial charge in [0.05, 0.1) is 5.92 Å². The van der Waals surface area contributed by atoms with E-state index in [2.05, 4.69) is 0 Å². The van der Waals surface area contributed by atoms with Crippen molar-refractivity contribution >= 4 is 23.6 Å². The molecule has 0 spiro atoms. The minimum absolute atomic E-state index is 0.118. The van der Waals surface area contributed by atoms with E-state index in [0.717, 1.165) is 0 Å². The molecule has 1 amide bonds. The third-order valence-corrected chi connectivity index (χ3v) is 5.68. The number of benzene rings is 2. The fourth-order valence-electron chi connectivity index (χ4n) is 2.92. The number of alkyl halides is 3. The summed E-state index contributed by atoms with van der Waals surface area (Å²) in [6, 6.07) is 11.6. The van der Waals surface area contributed by atoms with Crippen molar-refractivity contribution in [1.29, 1.82) is 0 Å². The number of halogens is 3. The van der Waals surface area contributed by atoms with Crippen molar-refractivity contribution in [2.24, 2.45) is 11.5 Å². The normalized spacial score (nSPS) is 13.6. The molecule has 0 saturated carbocycles. The number of nitrogens with two attached hydrogens (primary N) is 2. The number of amides is 1. The van der Waals surface area contributed by atoms with Crippen LogP contribution in [0.15, 0.2) is 48.5 Å². The molecule has 0 heterocycles. The summed E-state index contributed by atoms with van der Waals surface area (Å²) in [6.07, 6.45) is -4.31. The second-order valence-electron chi connectivity index (χ2n) is 6.80. The fraction of sp³-hybridized carbons (Fsp3) is 0.333. The highest BCUT2D eigenvalue weighted by molar-refractivity contribution is 7.99. The Labute approximate surface area is 176 Å². The van der Waals surface area contributed by atoms with Crippen LogP contribution in [-0.4, -0.2) is 40.7 Å². The number of carboxylic acids is 1. The Hall–Kier alpha value is -2.52. The Kier molecular flexibility index (Phi) is 8.31. The zero-order chi connectivity index (χ0) is 22.3. The second-order valence-corrected chi connectivity index (χ2v) is 8.02. The lowest BCUT2D eigenvalue weighted by Gasteiger charge is -2.21. The van der Waals surface area contributed by atoms with E-state index in [0.29, 0.717) is 22.4 Å². The minimum Gasteiger partial charge on any atom is -0.480 e. The molecule has 0 saturated heterocycles. The molecule has 0 aliphatic heterocycles. The van der Waals surface area contributed by atoms with Crippen molar-refractivity contribution < 1.29 is 27.9 Å². The van der Waals surface area contributed by atoms with E-state index < -0.39 is 30.0 Å². The van der Waals surface area contributed by atoms with Gasteiger partial charge < -0.3 is 16.6 Å². The maximum Gasteiger partial charge on any atom is 0.395 e. The van der Waals surface area contributed by atoms with Gasteiger partial charge in [0.2, 0.25) is 5.91 Å². The summed E-state index contributed by atoms with van der Waals surface area (Å²) in [5.74, 6) is -2.70. The molecule has 0 fully saturated rings. The number of rotatable bonds is 10. The predicted molar refractivity (Wildman–Crippen MR) is 111 cm³/mol. The number of carbonyl (C=O) groups excluding carboxylic acids is 1. The highest BCUT2D eigenvalue weighted by atomic mass is 32.2. The van der Waals surface area contributed by atoms with Crippen LogP contribution in [0.3, 0.4) is 0 Å². The average Bonchev–Trinajstić information content (AvgIpc) is 2.69. The van der Waals surface area contributed by atoms with Gasteiger partial charge in [-0.25, -0.2) is 0 Å². The Morgan fingerprint density at radius 1 is 1.00 bits per heavy atom. The van der Waals surface area contributed by atoms with Gasteiger partial charge in [0.25, 0.3) is 0 Å². The molecule has 2 rings (SSSR count). The van der Waals surface area contributed by atoms with Gasteiger partial charge >= 0.3 is 12.1 Å². The van der Waals surface area contributed by atoms with Crippen LogP contribution in [-0.2, 0) is 4.79 Å². The molecular weight excluding hydrogens is 417 g/mol. The quantitative estimate of drug-likeness (QED) is 0.484. The average molecular weight is 440 g/mol. The van der Waals surface area contributed by atoms with E-state index in [1.807, 2.05) is 0 Å². The van der Waals surface area contributed by atoms with Crippen LogP contribution in [0.4, 0.5) is 13.2 Å². The second kappa shape index (κ2) is 10.5. The summed E-state index contributed by atoms with van der Waals surface area (Å²) in [4.78, 5) is 22.0. The molecule has 0 bridgehead atoms. The summed E-state index contributed by atoms with van der Waals surface area (Å²) in [6.45, 7) is 0. The van der Waals surface area contributed by atoms with E-state index in [4.69, 9.17) is 16.6 Å². The Balaban J connectivity index is 2.05. The number of thioether (sulfide) groups is 1. The Morgan fingerprint density at radius 3 is 2.20 bits per heavy atom. The number of primary amides is 1. The lowest BCUT2D eigenvalue weighted by molar-refractivity contribution is -0.150. The highest BCUT2D eigenvalue weighted by Crippen LogP contribution is 2.39. The van der Waals surface area contributed by atoms with E-state index in [1.54, 1.807) is 36.4 Å². The van der Waals surface area contributed by atoms with Crippen LogP contribution in [0, 0.1) is 0 Å². The van der Waals surface area contributed by atoms with Crippen LogP contribution in [0.5, 0.6) is 0 Å². The molecule has 0 aliphatic carbocycles. The number of hydrogen-bond acceptors (Lipinski definition) is 4. The van der Waals surface area contributed by atoms with Crippen molar-refractivity contribution in [3.8, 4) is 11.1 Å². The molecule has 0 radical (unpaired) electrons. The summed E-state index contributed by atoms with van der Waals surface area (Å²) >= 11 is 1.26. The van der Waals surface area contributed by atoms with Crippen LogP contribution in [0.1, 0.15) is 34.7 Å². The number of carbonyl (C=O) groups is 2. The van der Waals surface area contributed by atoms with Gasteiger partial charge in [0.15, 0.2) is 0 Å². The summed E-state index contributed by atoms with van der Waals surface area (Å²) in [7, 11) is 0. The summed E-state index contributed by atoms with van der Waals surface area (Å²) < 4.78 is 40.7. The van der Waals surface area contributed by atoms with E-state index >= 15 is 0 Å². The maximum absolute atomic E-state index is 13.6. The Bertz CT molecular complexity index is 873. The first-order valence-corrected chi connectivity index (χ1v) is 10.4. The predicted octanol–water partition coefficient (Wildman–Crippen LogP) is 4.02. The standard InChI is InChI=1S/C21H23F3N2O3S/c22-21(23,24)17(8-10-30-11-9-18(25)20(28)29)14-6-4-13(5-7-14)15-2-1-3-16(12-15)19(26)27/h1-7,12,17-18H,8-11,25H2,(H2,26,27)(H,28,29). The first kappa shape index (κ1) is 23.8. The van der Waals surface area contributed by atoms with Gasteiger partial charge in [-0.05, 0) is 53.2 Å². The lowest BCUT2D eigenvalue weighted by atomic mass is 9.93. The molecular formula is C21H23F3N2O3S. The molecule has 30 heavy (non-hydrogen) atoms. The number of hydrogen-bond donors (Lipinski definition) is 3. The molecule has 2 aromatic carbocycles. The largest absolute Gasteiger partial charge is 0.480 e. The maximum atomic E-state index is 13.6. The molecule has 5 nitrogen and oxygen atoms in total. The van der Waals surface area contributed by atoms with Gasteiger partial charge in [0, 0.05) is 5.56 Å². The number of aliphatic carboxylic acids is 1. The van der Waals surface area contributed by atoms with Gasteiger partial charge in [-0.3, -0.25) is 9.59 Å². The van der Waals surface area contributed by atoms with E-state index in [1.165, 1.54) is 23.9 Å². The molecule has 2 unspecified atom stereocenters.